The van der Waals surface area contributed by atoms with E-state index in [1.807, 2.05) is 6.07 Å². The molecule has 0 aliphatic carbocycles. The number of hydrogen-bond donors (Lipinski definition) is 2. The first-order valence-corrected chi connectivity index (χ1v) is 4.79. The number of carbonyl (C=O) groups is 1. The van der Waals surface area contributed by atoms with Crippen molar-refractivity contribution in [1.29, 1.82) is 5.26 Å². The summed E-state index contributed by atoms with van der Waals surface area (Å²) in [5, 5.41) is 11.3. The minimum Gasteiger partial charge on any atom is -0.450 e. The Morgan fingerprint density at radius 2 is 2.40 bits per heavy atom. The van der Waals surface area contributed by atoms with Crippen molar-refractivity contribution in [3.63, 3.8) is 0 Å². The summed E-state index contributed by atoms with van der Waals surface area (Å²) >= 11 is 4.14. The number of para-hydroxylation sites is 1. The number of carbonyl (C=O) groups excluding carboxylic acids is 1. The molecule has 0 spiro atoms. The number of nitriles is 1. The molecule has 0 aliphatic heterocycles. The molecule has 0 aromatic heterocycles. The molecule has 1 rings (SSSR count). The summed E-state index contributed by atoms with van der Waals surface area (Å²) in [5.74, 6) is 0. The fourth-order valence-corrected chi connectivity index (χ4v) is 1.30. The van der Waals surface area contributed by atoms with Crippen LogP contribution in [0.5, 0.6) is 0 Å². The molecule has 0 saturated carbocycles. The number of nitrogens with zero attached hydrogens (tertiary/aromatic N) is 1. The highest BCUT2D eigenvalue weighted by Gasteiger charge is 2.09. The van der Waals surface area contributed by atoms with Gasteiger partial charge >= 0.3 is 6.09 Å². The SMILES string of the molecule is CCOC(=O)Nc1c(S)cccc1C#N. The number of nitrogens with one attached hydrogen (secondary N) is 1. The van der Waals surface area contributed by atoms with Crippen molar-refractivity contribution in [2.75, 3.05) is 11.9 Å². The molecule has 0 aliphatic rings. The number of hydrogen-bond acceptors (Lipinski definition) is 4. The van der Waals surface area contributed by atoms with E-state index in [0.29, 0.717) is 16.1 Å². The van der Waals surface area contributed by atoms with Crippen molar-refractivity contribution in [2.24, 2.45) is 0 Å². The van der Waals surface area contributed by atoms with Crippen LogP contribution in [0, 0.1) is 11.3 Å². The number of amides is 1. The van der Waals surface area contributed by atoms with Gasteiger partial charge in [0.25, 0.3) is 0 Å². The highest BCUT2D eigenvalue weighted by Crippen LogP contribution is 2.23. The quantitative estimate of drug-likeness (QED) is 0.755. The maximum atomic E-state index is 11.2. The highest BCUT2D eigenvalue weighted by atomic mass is 32.1. The minimum atomic E-state index is -0.587. The predicted octanol–water partition coefficient (Wildman–Crippen LogP) is 2.42. The Kier molecular flexibility index (Phi) is 4.01. The molecule has 1 aromatic rings. The fraction of sp³-hybridized carbons (Fsp3) is 0.200. The molecule has 5 heteroatoms. The standard InChI is InChI=1S/C10H10N2O2S/c1-2-14-10(13)12-9-7(6-11)4-3-5-8(9)15/h3-5,15H,2H2,1H3,(H,12,13). The van der Waals surface area contributed by atoms with E-state index in [-0.39, 0.29) is 6.61 Å². The first-order chi connectivity index (χ1) is 7.19. The van der Waals surface area contributed by atoms with Gasteiger partial charge in [-0.25, -0.2) is 4.79 Å². The van der Waals surface area contributed by atoms with E-state index in [1.54, 1.807) is 25.1 Å². The van der Waals surface area contributed by atoms with Gasteiger partial charge in [-0.2, -0.15) is 5.26 Å². The molecule has 15 heavy (non-hydrogen) atoms. The fourth-order valence-electron chi connectivity index (χ4n) is 1.03. The van der Waals surface area contributed by atoms with Gasteiger partial charge < -0.3 is 4.74 Å². The monoisotopic (exact) mass is 222 g/mol. The molecular weight excluding hydrogens is 212 g/mol. The molecule has 0 fully saturated rings. The molecule has 1 amide bonds. The van der Waals surface area contributed by atoms with E-state index >= 15 is 0 Å². The largest absolute Gasteiger partial charge is 0.450 e. The second-order valence-corrected chi connectivity index (χ2v) is 3.14. The second-order valence-electron chi connectivity index (χ2n) is 2.66. The Balaban J connectivity index is 2.94. The van der Waals surface area contributed by atoms with E-state index < -0.39 is 6.09 Å². The lowest BCUT2D eigenvalue weighted by molar-refractivity contribution is 0.168. The Bertz CT molecular complexity index is 412. The van der Waals surface area contributed by atoms with Crippen LogP contribution in [0.4, 0.5) is 10.5 Å². The van der Waals surface area contributed by atoms with Crippen LogP contribution in [0.3, 0.4) is 0 Å². The zero-order chi connectivity index (χ0) is 11.3. The van der Waals surface area contributed by atoms with Crippen LogP contribution in [-0.4, -0.2) is 12.7 Å². The van der Waals surface area contributed by atoms with Crippen LogP contribution in [0.2, 0.25) is 0 Å². The predicted molar refractivity (Wildman–Crippen MR) is 59.1 cm³/mol. The van der Waals surface area contributed by atoms with Gasteiger partial charge in [-0.15, -0.1) is 12.6 Å². The minimum absolute atomic E-state index is 0.280. The number of ether oxygens (including phenoxy) is 1. The van der Waals surface area contributed by atoms with Crippen molar-refractivity contribution < 1.29 is 9.53 Å². The molecule has 78 valence electrons. The molecule has 0 atom stereocenters. The van der Waals surface area contributed by atoms with Crippen molar-refractivity contribution in [2.45, 2.75) is 11.8 Å². The average Bonchev–Trinajstić information content (AvgIpc) is 2.21. The zero-order valence-corrected chi connectivity index (χ0v) is 9.04. The van der Waals surface area contributed by atoms with Crippen molar-refractivity contribution in [1.82, 2.24) is 0 Å². The third-order valence-electron chi connectivity index (χ3n) is 1.67. The lowest BCUT2D eigenvalue weighted by atomic mass is 10.2. The third kappa shape index (κ3) is 2.89. The summed E-state index contributed by atoms with van der Waals surface area (Å²) in [4.78, 5) is 11.7. The van der Waals surface area contributed by atoms with Gasteiger partial charge in [-0.05, 0) is 19.1 Å². The number of thiol groups is 1. The number of benzene rings is 1. The average molecular weight is 222 g/mol. The Hall–Kier alpha value is -1.67. The van der Waals surface area contributed by atoms with E-state index in [1.165, 1.54) is 0 Å². The third-order valence-corrected chi connectivity index (χ3v) is 2.04. The molecule has 4 nitrogen and oxygen atoms in total. The first kappa shape index (κ1) is 11.4. The maximum Gasteiger partial charge on any atom is 0.411 e. The Labute approximate surface area is 93.3 Å². The van der Waals surface area contributed by atoms with E-state index in [9.17, 15) is 4.79 Å². The second kappa shape index (κ2) is 5.27. The maximum absolute atomic E-state index is 11.2. The van der Waals surface area contributed by atoms with Gasteiger partial charge in [-0.3, -0.25) is 5.32 Å². The summed E-state index contributed by atoms with van der Waals surface area (Å²) < 4.78 is 4.71. The molecule has 0 unspecified atom stereocenters. The zero-order valence-electron chi connectivity index (χ0n) is 8.15. The summed E-state index contributed by atoms with van der Waals surface area (Å²) in [6.45, 7) is 1.99. The van der Waals surface area contributed by atoms with Gasteiger partial charge in [0.1, 0.15) is 6.07 Å². The molecule has 0 heterocycles. The van der Waals surface area contributed by atoms with E-state index in [4.69, 9.17) is 10.00 Å². The Morgan fingerprint density at radius 1 is 1.67 bits per heavy atom. The lowest BCUT2D eigenvalue weighted by Gasteiger charge is -2.08. The molecule has 1 aromatic carbocycles. The van der Waals surface area contributed by atoms with Crippen LogP contribution >= 0.6 is 12.6 Å². The summed E-state index contributed by atoms with van der Waals surface area (Å²) in [6, 6.07) is 6.94. The Morgan fingerprint density at radius 3 is 3.00 bits per heavy atom. The van der Waals surface area contributed by atoms with E-state index in [2.05, 4.69) is 17.9 Å². The summed E-state index contributed by atoms with van der Waals surface area (Å²) in [7, 11) is 0. The summed E-state index contributed by atoms with van der Waals surface area (Å²) in [5.41, 5.74) is 0.734. The molecular formula is C10H10N2O2S. The van der Waals surface area contributed by atoms with Crippen LogP contribution in [0.1, 0.15) is 12.5 Å². The van der Waals surface area contributed by atoms with E-state index in [0.717, 1.165) is 0 Å². The van der Waals surface area contributed by atoms with Gasteiger partial charge in [0.05, 0.1) is 17.9 Å². The van der Waals surface area contributed by atoms with Crippen LogP contribution in [-0.2, 0) is 4.74 Å². The molecule has 0 bridgehead atoms. The molecule has 1 N–H and O–H groups in total. The van der Waals surface area contributed by atoms with Crippen LogP contribution < -0.4 is 5.32 Å². The van der Waals surface area contributed by atoms with Crippen molar-refractivity contribution >= 4 is 24.4 Å². The van der Waals surface area contributed by atoms with Gasteiger partial charge in [-0.1, -0.05) is 6.07 Å². The smallest absolute Gasteiger partial charge is 0.411 e. The molecule has 0 saturated heterocycles. The lowest BCUT2D eigenvalue weighted by Crippen LogP contribution is -2.14. The van der Waals surface area contributed by atoms with Crippen molar-refractivity contribution in [3.05, 3.63) is 23.8 Å². The normalized spacial score (nSPS) is 9.13. The topological polar surface area (TPSA) is 62.1 Å². The number of rotatable bonds is 2. The summed E-state index contributed by atoms with van der Waals surface area (Å²) in [6.07, 6.45) is -0.587. The first-order valence-electron chi connectivity index (χ1n) is 4.35. The van der Waals surface area contributed by atoms with Gasteiger partial charge in [0, 0.05) is 4.90 Å². The van der Waals surface area contributed by atoms with Gasteiger partial charge in [0.15, 0.2) is 0 Å². The van der Waals surface area contributed by atoms with Gasteiger partial charge in [0.2, 0.25) is 0 Å². The highest BCUT2D eigenvalue weighted by molar-refractivity contribution is 7.80. The van der Waals surface area contributed by atoms with Crippen LogP contribution in [0.25, 0.3) is 0 Å². The van der Waals surface area contributed by atoms with Crippen molar-refractivity contribution in [3.8, 4) is 6.07 Å². The number of anilines is 1. The molecule has 0 radical (unpaired) electrons. The van der Waals surface area contributed by atoms with Crippen LogP contribution in [0.15, 0.2) is 23.1 Å².